The van der Waals surface area contributed by atoms with Crippen LogP contribution in [0, 0.1) is 6.92 Å². The Kier molecular flexibility index (Phi) is 4.25. The van der Waals surface area contributed by atoms with E-state index >= 15 is 0 Å². The third-order valence-electron chi connectivity index (χ3n) is 2.35. The molecule has 0 spiro atoms. The minimum absolute atomic E-state index is 0.360. The van der Waals surface area contributed by atoms with Gasteiger partial charge in [0.15, 0.2) is 6.61 Å². The van der Waals surface area contributed by atoms with E-state index in [4.69, 9.17) is 10.6 Å². The SMILES string of the molecule is Cc1nnsc1CO/N=C(\N)Cc1ccccc1. The minimum Gasteiger partial charge on any atom is -0.389 e. The van der Waals surface area contributed by atoms with Gasteiger partial charge in [0, 0.05) is 6.42 Å². The average molecular weight is 262 g/mol. The van der Waals surface area contributed by atoms with Crippen molar-refractivity contribution in [2.24, 2.45) is 10.9 Å². The molecule has 1 aromatic carbocycles. The van der Waals surface area contributed by atoms with E-state index in [1.807, 2.05) is 37.3 Å². The van der Waals surface area contributed by atoms with Crippen LogP contribution in [0.3, 0.4) is 0 Å². The number of nitrogens with zero attached hydrogens (tertiary/aromatic N) is 3. The molecule has 0 aliphatic carbocycles. The first-order chi connectivity index (χ1) is 8.75. The Bertz CT molecular complexity index is 524. The van der Waals surface area contributed by atoms with Crippen LogP contribution in [0.2, 0.25) is 0 Å². The third kappa shape index (κ3) is 3.53. The van der Waals surface area contributed by atoms with Gasteiger partial charge in [-0.2, -0.15) is 0 Å². The molecule has 1 heterocycles. The summed E-state index contributed by atoms with van der Waals surface area (Å²) in [7, 11) is 0. The summed E-state index contributed by atoms with van der Waals surface area (Å²) < 4.78 is 3.82. The van der Waals surface area contributed by atoms with Gasteiger partial charge in [-0.3, -0.25) is 0 Å². The lowest BCUT2D eigenvalue weighted by atomic mass is 10.1. The molecule has 2 N–H and O–H groups in total. The van der Waals surface area contributed by atoms with Gasteiger partial charge < -0.3 is 10.6 Å². The predicted octanol–water partition coefficient (Wildman–Crippen LogP) is 1.88. The number of aryl methyl sites for hydroxylation is 1. The van der Waals surface area contributed by atoms with Crippen LogP contribution in [0.1, 0.15) is 16.1 Å². The largest absolute Gasteiger partial charge is 0.389 e. The molecule has 0 aliphatic heterocycles. The van der Waals surface area contributed by atoms with Crippen molar-refractivity contribution in [3.8, 4) is 0 Å². The van der Waals surface area contributed by atoms with Gasteiger partial charge in [-0.15, -0.1) is 5.10 Å². The molecule has 0 saturated carbocycles. The Balaban J connectivity index is 1.84. The van der Waals surface area contributed by atoms with Gasteiger partial charge in [0.2, 0.25) is 0 Å². The molecule has 5 nitrogen and oxygen atoms in total. The molecular weight excluding hydrogens is 248 g/mol. The van der Waals surface area contributed by atoms with Crippen molar-refractivity contribution in [3.63, 3.8) is 0 Å². The second kappa shape index (κ2) is 6.11. The van der Waals surface area contributed by atoms with Crippen molar-refractivity contribution in [1.82, 2.24) is 9.59 Å². The van der Waals surface area contributed by atoms with Crippen molar-refractivity contribution in [3.05, 3.63) is 46.5 Å². The third-order valence-corrected chi connectivity index (χ3v) is 3.15. The molecule has 0 fully saturated rings. The van der Waals surface area contributed by atoms with E-state index in [1.54, 1.807) is 0 Å². The Morgan fingerprint density at radius 2 is 2.17 bits per heavy atom. The fourth-order valence-electron chi connectivity index (χ4n) is 1.39. The summed E-state index contributed by atoms with van der Waals surface area (Å²) in [5, 5.41) is 7.77. The van der Waals surface area contributed by atoms with E-state index in [2.05, 4.69) is 14.7 Å². The molecule has 2 rings (SSSR count). The minimum atomic E-state index is 0.360. The van der Waals surface area contributed by atoms with Crippen LogP contribution in [0.15, 0.2) is 35.5 Å². The number of hydrogen-bond acceptors (Lipinski definition) is 5. The fourth-order valence-corrected chi connectivity index (χ4v) is 1.93. The standard InChI is InChI=1S/C12H14N4OS/c1-9-11(18-16-14-9)8-17-15-12(13)7-10-5-3-2-4-6-10/h2-6H,7-8H2,1H3,(H2,13,15). The Hall–Kier alpha value is -1.95. The second-order valence-electron chi connectivity index (χ2n) is 3.80. The fraction of sp³-hybridized carbons (Fsp3) is 0.250. The molecule has 0 unspecified atom stereocenters. The number of rotatable bonds is 5. The van der Waals surface area contributed by atoms with Gasteiger partial charge in [-0.25, -0.2) is 0 Å². The zero-order chi connectivity index (χ0) is 12.8. The predicted molar refractivity (Wildman–Crippen MR) is 71.2 cm³/mol. The van der Waals surface area contributed by atoms with Gasteiger partial charge >= 0.3 is 0 Å². The maximum absolute atomic E-state index is 5.78. The molecule has 0 saturated heterocycles. The van der Waals surface area contributed by atoms with Crippen LogP contribution in [-0.4, -0.2) is 15.4 Å². The highest BCUT2D eigenvalue weighted by Crippen LogP contribution is 2.10. The quantitative estimate of drug-likeness (QED) is 0.507. The maximum atomic E-state index is 5.78. The number of oxime groups is 1. The molecule has 18 heavy (non-hydrogen) atoms. The summed E-state index contributed by atoms with van der Waals surface area (Å²) in [5.41, 5.74) is 7.76. The lowest BCUT2D eigenvalue weighted by molar-refractivity contribution is 0.131. The summed E-state index contributed by atoms with van der Waals surface area (Å²) in [5.74, 6) is 0.455. The number of benzene rings is 1. The zero-order valence-electron chi connectivity index (χ0n) is 10.0. The number of amidine groups is 1. The van der Waals surface area contributed by atoms with Gasteiger partial charge in [-0.1, -0.05) is 40.0 Å². The van der Waals surface area contributed by atoms with Crippen molar-refractivity contribution >= 4 is 17.4 Å². The number of hydrogen-bond donors (Lipinski definition) is 1. The van der Waals surface area contributed by atoms with Gasteiger partial charge in [0.1, 0.15) is 5.84 Å². The molecule has 0 radical (unpaired) electrons. The summed E-state index contributed by atoms with van der Waals surface area (Å²) in [6.45, 7) is 2.25. The van der Waals surface area contributed by atoms with Crippen LogP contribution in [-0.2, 0) is 17.9 Å². The molecule has 6 heteroatoms. The molecule has 0 aliphatic rings. The van der Waals surface area contributed by atoms with Crippen molar-refractivity contribution in [2.45, 2.75) is 20.0 Å². The molecule has 0 amide bonds. The topological polar surface area (TPSA) is 73.4 Å². The van der Waals surface area contributed by atoms with Crippen molar-refractivity contribution in [1.29, 1.82) is 0 Å². The second-order valence-corrected chi connectivity index (χ2v) is 4.64. The summed E-state index contributed by atoms with van der Waals surface area (Å²) in [6, 6.07) is 9.90. The highest BCUT2D eigenvalue weighted by atomic mass is 32.1. The average Bonchev–Trinajstić information content (AvgIpc) is 2.76. The van der Waals surface area contributed by atoms with E-state index in [0.717, 1.165) is 16.1 Å². The van der Waals surface area contributed by atoms with Gasteiger partial charge in [-0.05, 0) is 24.0 Å². The molecule has 2 aromatic rings. The van der Waals surface area contributed by atoms with E-state index in [1.165, 1.54) is 11.5 Å². The van der Waals surface area contributed by atoms with Crippen molar-refractivity contribution in [2.75, 3.05) is 0 Å². The normalized spacial score (nSPS) is 11.5. The summed E-state index contributed by atoms with van der Waals surface area (Å²) >= 11 is 1.31. The van der Waals surface area contributed by atoms with Crippen LogP contribution in [0.25, 0.3) is 0 Å². The Morgan fingerprint density at radius 1 is 1.39 bits per heavy atom. The lowest BCUT2D eigenvalue weighted by Crippen LogP contribution is -2.15. The van der Waals surface area contributed by atoms with Crippen LogP contribution in [0.4, 0.5) is 0 Å². The van der Waals surface area contributed by atoms with E-state index in [9.17, 15) is 0 Å². The van der Waals surface area contributed by atoms with Crippen molar-refractivity contribution < 1.29 is 4.84 Å². The Morgan fingerprint density at radius 3 is 2.83 bits per heavy atom. The molecular formula is C12H14N4OS. The van der Waals surface area contributed by atoms with Gasteiger partial charge in [0.05, 0.1) is 10.6 Å². The first kappa shape index (κ1) is 12.5. The highest BCUT2D eigenvalue weighted by molar-refractivity contribution is 7.05. The number of nitrogens with two attached hydrogens (primary N) is 1. The molecule has 94 valence electrons. The first-order valence-corrected chi connectivity index (χ1v) is 6.29. The van der Waals surface area contributed by atoms with Crippen LogP contribution in [0.5, 0.6) is 0 Å². The lowest BCUT2D eigenvalue weighted by Gasteiger charge is -2.01. The van der Waals surface area contributed by atoms with E-state index in [-0.39, 0.29) is 0 Å². The smallest absolute Gasteiger partial charge is 0.154 e. The van der Waals surface area contributed by atoms with E-state index < -0.39 is 0 Å². The maximum Gasteiger partial charge on any atom is 0.154 e. The zero-order valence-corrected chi connectivity index (χ0v) is 10.9. The highest BCUT2D eigenvalue weighted by Gasteiger charge is 2.03. The van der Waals surface area contributed by atoms with Gasteiger partial charge in [0.25, 0.3) is 0 Å². The summed E-state index contributed by atoms with van der Waals surface area (Å²) in [4.78, 5) is 6.15. The van der Waals surface area contributed by atoms with Crippen LogP contribution >= 0.6 is 11.5 Å². The monoisotopic (exact) mass is 262 g/mol. The molecule has 1 aromatic heterocycles. The molecule has 0 atom stereocenters. The first-order valence-electron chi connectivity index (χ1n) is 5.52. The van der Waals surface area contributed by atoms with E-state index in [0.29, 0.717) is 18.9 Å². The number of aromatic nitrogens is 2. The Labute approximate surface area is 109 Å². The summed E-state index contributed by atoms with van der Waals surface area (Å²) in [6.07, 6.45) is 0.584. The van der Waals surface area contributed by atoms with Crippen LogP contribution < -0.4 is 5.73 Å². The molecule has 0 bridgehead atoms.